The third-order valence-electron chi connectivity index (χ3n) is 4.36. The highest BCUT2D eigenvalue weighted by Gasteiger charge is 2.23. The van der Waals surface area contributed by atoms with Crippen LogP contribution in [0.15, 0.2) is 54.7 Å². The lowest BCUT2D eigenvalue weighted by Gasteiger charge is -2.11. The molecule has 0 radical (unpaired) electrons. The minimum absolute atomic E-state index is 0.0178. The number of anilines is 2. The first-order valence-corrected chi connectivity index (χ1v) is 9.15. The lowest BCUT2D eigenvalue weighted by molar-refractivity contribution is -0.117. The zero-order chi connectivity index (χ0) is 20.4. The molecule has 1 heterocycles. The van der Waals surface area contributed by atoms with E-state index in [0.29, 0.717) is 30.0 Å². The van der Waals surface area contributed by atoms with E-state index in [2.05, 4.69) is 15.6 Å². The molecule has 29 heavy (non-hydrogen) atoms. The van der Waals surface area contributed by atoms with Crippen molar-refractivity contribution in [3.63, 3.8) is 0 Å². The van der Waals surface area contributed by atoms with Crippen molar-refractivity contribution in [2.45, 2.75) is 12.8 Å². The summed E-state index contributed by atoms with van der Waals surface area (Å²) in [4.78, 5) is 27.9. The highest BCUT2D eigenvalue weighted by atomic mass is 35.5. The van der Waals surface area contributed by atoms with E-state index < -0.39 is 11.8 Å². The molecular formula is C21H15ClFN3O3. The SMILES string of the molecule is O=C1Cc2nccc(Oc3ccc(NC(=O)Nc4ccc(Cl)c(F)c4)cc3)c2C1. The molecule has 0 spiro atoms. The Balaban J connectivity index is 1.39. The first-order valence-electron chi connectivity index (χ1n) is 8.77. The van der Waals surface area contributed by atoms with Crippen LogP contribution in [0, 0.1) is 5.82 Å². The molecule has 3 aromatic rings. The second kappa shape index (κ2) is 7.89. The van der Waals surface area contributed by atoms with Crippen LogP contribution in [0.1, 0.15) is 11.3 Å². The number of Topliss-reactive ketones (excluding diaryl/α,β-unsaturated/α-hetero) is 1. The van der Waals surface area contributed by atoms with Gasteiger partial charge >= 0.3 is 6.03 Å². The maximum atomic E-state index is 13.4. The van der Waals surface area contributed by atoms with Gasteiger partial charge in [0.1, 0.15) is 23.1 Å². The standard InChI is InChI=1S/C21H15ClFN3O3/c22-17-6-3-13(9-18(17)23)26-21(28)25-12-1-4-15(5-2-12)29-20-7-8-24-19-11-14(27)10-16(19)20/h1-9H,10-11H2,(H2,25,26,28). The van der Waals surface area contributed by atoms with Crippen LogP contribution in [0.5, 0.6) is 11.5 Å². The number of hydrogen-bond donors (Lipinski definition) is 2. The molecule has 4 rings (SSSR count). The second-order valence-electron chi connectivity index (χ2n) is 6.46. The molecule has 0 fully saturated rings. The molecule has 2 N–H and O–H groups in total. The van der Waals surface area contributed by atoms with Crippen LogP contribution in [0.3, 0.4) is 0 Å². The average molecular weight is 412 g/mol. The van der Waals surface area contributed by atoms with Gasteiger partial charge in [-0.15, -0.1) is 0 Å². The van der Waals surface area contributed by atoms with Crippen molar-refractivity contribution in [1.82, 2.24) is 4.98 Å². The van der Waals surface area contributed by atoms with Crippen molar-refractivity contribution in [2.24, 2.45) is 0 Å². The topological polar surface area (TPSA) is 80.3 Å². The number of ketones is 1. The maximum Gasteiger partial charge on any atom is 0.323 e. The summed E-state index contributed by atoms with van der Waals surface area (Å²) < 4.78 is 19.3. The number of rotatable bonds is 4. The molecule has 0 aliphatic heterocycles. The van der Waals surface area contributed by atoms with Crippen LogP contribution >= 0.6 is 11.6 Å². The number of pyridine rings is 1. The summed E-state index contributed by atoms with van der Waals surface area (Å²) >= 11 is 5.62. The van der Waals surface area contributed by atoms with Crippen LogP contribution in [-0.4, -0.2) is 16.8 Å². The molecule has 0 atom stereocenters. The Hall–Kier alpha value is -3.45. The Morgan fingerprint density at radius 1 is 1.03 bits per heavy atom. The van der Waals surface area contributed by atoms with Gasteiger partial charge in [0.05, 0.1) is 10.7 Å². The fourth-order valence-electron chi connectivity index (χ4n) is 3.00. The summed E-state index contributed by atoms with van der Waals surface area (Å²) in [7, 11) is 0. The third kappa shape index (κ3) is 4.35. The van der Waals surface area contributed by atoms with Crippen molar-refractivity contribution >= 4 is 34.8 Å². The van der Waals surface area contributed by atoms with Gasteiger partial charge in [-0.05, 0) is 48.5 Å². The number of nitrogens with zero attached hydrogens (tertiary/aromatic N) is 1. The Labute approximate surface area is 170 Å². The van der Waals surface area contributed by atoms with E-state index in [1.165, 1.54) is 12.1 Å². The van der Waals surface area contributed by atoms with Gasteiger partial charge in [0.15, 0.2) is 0 Å². The smallest absolute Gasteiger partial charge is 0.323 e. The molecule has 1 aliphatic carbocycles. The molecular weight excluding hydrogens is 397 g/mol. The lowest BCUT2D eigenvalue weighted by Crippen LogP contribution is -2.19. The number of benzene rings is 2. The Morgan fingerprint density at radius 3 is 2.52 bits per heavy atom. The van der Waals surface area contributed by atoms with Crippen LogP contribution < -0.4 is 15.4 Å². The lowest BCUT2D eigenvalue weighted by atomic mass is 10.2. The number of amides is 2. The molecule has 0 bridgehead atoms. The number of carbonyl (C=O) groups is 2. The molecule has 1 aromatic heterocycles. The summed E-state index contributed by atoms with van der Waals surface area (Å²) in [6, 6.07) is 11.9. The number of urea groups is 1. The summed E-state index contributed by atoms with van der Waals surface area (Å²) in [5.74, 6) is 0.664. The fraction of sp³-hybridized carbons (Fsp3) is 0.0952. The van der Waals surface area contributed by atoms with Crippen LogP contribution in [0.25, 0.3) is 0 Å². The first kappa shape index (κ1) is 18.9. The van der Waals surface area contributed by atoms with Gasteiger partial charge < -0.3 is 15.4 Å². The predicted octanol–water partition coefficient (Wildman–Crippen LogP) is 4.98. The number of aromatic nitrogens is 1. The third-order valence-corrected chi connectivity index (χ3v) is 4.66. The first-order chi connectivity index (χ1) is 14.0. The predicted molar refractivity (Wildman–Crippen MR) is 107 cm³/mol. The van der Waals surface area contributed by atoms with Gasteiger partial charge in [0.25, 0.3) is 0 Å². The van der Waals surface area contributed by atoms with Crippen LogP contribution in [-0.2, 0) is 17.6 Å². The molecule has 2 amide bonds. The molecule has 8 heteroatoms. The summed E-state index contributed by atoms with van der Waals surface area (Å²) in [5.41, 5.74) is 2.38. The van der Waals surface area contributed by atoms with E-state index in [9.17, 15) is 14.0 Å². The maximum absolute atomic E-state index is 13.4. The van der Waals surface area contributed by atoms with Gasteiger partial charge in [0.2, 0.25) is 0 Å². The minimum atomic E-state index is -0.615. The van der Waals surface area contributed by atoms with Crippen molar-refractivity contribution in [3.8, 4) is 11.5 Å². The van der Waals surface area contributed by atoms with Crippen molar-refractivity contribution < 1.29 is 18.7 Å². The van der Waals surface area contributed by atoms with E-state index in [-0.39, 0.29) is 16.5 Å². The number of ether oxygens (including phenoxy) is 1. The van der Waals surface area contributed by atoms with Crippen molar-refractivity contribution in [1.29, 1.82) is 0 Å². The van der Waals surface area contributed by atoms with E-state index >= 15 is 0 Å². The molecule has 0 saturated heterocycles. The summed E-state index contributed by atoms with van der Waals surface area (Å²) in [5, 5.41) is 5.16. The van der Waals surface area contributed by atoms with Gasteiger partial charge in [0, 0.05) is 36.0 Å². The monoisotopic (exact) mass is 411 g/mol. The van der Waals surface area contributed by atoms with E-state index in [1.807, 2.05) is 0 Å². The minimum Gasteiger partial charge on any atom is -0.457 e. The number of fused-ring (bicyclic) bond motifs is 1. The fourth-order valence-corrected chi connectivity index (χ4v) is 3.12. The number of halogens is 2. The summed E-state index contributed by atoms with van der Waals surface area (Å²) in [6.07, 6.45) is 2.28. The van der Waals surface area contributed by atoms with E-state index in [1.54, 1.807) is 36.5 Å². The molecule has 146 valence electrons. The Morgan fingerprint density at radius 2 is 1.76 bits per heavy atom. The molecule has 1 aliphatic rings. The normalized spacial score (nSPS) is 12.4. The highest BCUT2D eigenvalue weighted by Crippen LogP contribution is 2.31. The zero-order valence-electron chi connectivity index (χ0n) is 15.0. The molecule has 2 aromatic carbocycles. The molecule has 0 unspecified atom stereocenters. The molecule has 6 nitrogen and oxygen atoms in total. The van der Waals surface area contributed by atoms with Gasteiger partial charge in [-0.25, -0.2) is 9.18 Å². The molecule has 0 saturated carbocycles. The largest absolute Gasteiger partial charge is 0.457 e. The van der Waals surface area contributed by atoms with Gasteiger partial charge in [-0.1, -0.05) is 11.6 Å². The zero-order valence-corrected chi connectivity index (χ0v) is 15.8. The van der Waals surface area contributed by atoms with Gasteiger partial charge in [-0.3, -0.25) is 9.78 Å². The van der Waals surface area contributed by atoms with Crippen LogP contribution in [0.2, 0.25) is 5.02 Å². The van der Waals surface area contributed by atoms with E-state index in [4.69, 9.17) is 16.3 Å². The quantitative estimate of drug-likeness (QED) is 0.634. The number of carbonyl (C=O) groups excluding carboxylic acids is 2. The Kier molecular flexibility index (Phi) is 5.14. The second-order valence-corrected chi connectivity index (χ2v) is 6.87. The van der Waals surface area contributed by atoms with Crippen molar-refractivity contribution in [3.05, 3.63) is 76.8 Å². The van der Waals surface area contributed by atoms with Crippen molar-refractivity contribution in [2.75, 3.05) is 10.6 Å². The van der Waals surface area contributed by atoms with Gasteiger partial charge in [-0.2, -0.15) is 0 Å². The highest BCUT2D eigenvalue weighted by molar-refractivity contribution is 6.30. The number of nitrogens with one attached hydrogen (secondary N) is 2. The average Bonchev–Trinajstić information content (AvgIpc) is 3.07. The van der Waals surface area contributed by atoms with E-state index in [0.717, 1.165) is 17.3 Å². The van der Waals surface area contributed by atoms with Crippen LogP contribution in [0.4, 0.5) is 20.6 Å². The Bertz CT molecular complexity index is 1100. The summed E-state index contributed by atoms with van der Waals surface area (Å²) in [6.45, 7) is 0. The number of hydrogen-bond acceptors (Lipinski definition) is 4.